The molecule has 0 saturated heterocycles. The topological polar surface area (TPSA) is 72.3 Å². The van der Waals surface area contributed by atoms with E-state index in [0.717, 1.165) is 30.3 Å². The van der Waals surface area contributed by atoms with E-state index in [-0.39, 0.29) is 5.91 Å². The van der Waals surface area contributed by atoms with Crippen molar-refractivity contribution in [3.63, 3.8) is 0 Å². The first-order valence-corrected chi connectivity index (χ1v) is 9.77. The Kier molecular flexibility index (Phi) is 6.84. The number of benzene rings is 1. The lowest BCUT2D eigenvalue weighted by molar-refractivity contribution is 0.0951. The highest BCUT2D eigenvalue weighted by Crippen LogP contribution is 2.14. The number of aromatic nitrogens is 3. The molecular weight excluding hydrogens is 366 g/mol. The lowest BCUT2D eigenvalue weighted by Gasteiger charge is -2.19. The van der Waals surface area contributed by atoms with Crippen LogP contribution in [-0.4, -0.2) is 33.5 Å². The van der Waals surface area contributed by atoms with Gasteiger partial charge >= 0.3 is 0 Å². The molecule has 0 radical (unpaired) electrons. The van der Waals surface area contributed by atoms with Crippen molar-refractivity contribution in [3.05, 3.63) is 71.9 Å². The zero-order valence-electron chi connectivity index (χ0n) is 17.1. The summed E-state index contributed by atoms with van der Waals surface area (Å²) in [5, 5.41) is 2.93. The number of hydrogen-bond acceptors (Lipinski definition) is 5. The number of rotatable bonds is 9. The van der Waals surface area contributed by atoms with Gasteiger partial charge in [0.1, 0.15) is 24.0 Å². The highest BCUT2D eigenvalue weighted by molar-refractivity contribution is 5.94. The number of hydrogen-bond donors (Lipinski definition) is 1. The van der Waals surface area contributed by atoms with E-state index in [0.29, 0.717) is 24.5 Å². The van der Waals surface area contributed by atoms with Crippen molar-refractivity contribution < 1.29 is 9.53 Å². The first-order valence-electron chi connectivity index (χ1n) is 9.77. The van der Waals surface area contributed by atoms with Crippen LogP contribution in [0.15, 0.2) is 55.0 Å². The second-order valence-corrected chi connectivity index (χ2v) is 6.65. The third kappa shape index (κ3) is 5.34. The molecule has 1 N–H and O–H groups in total. The number of carbonyl (C=O) groups excluding carboxylic acids is 1. The average molecular weight is 393 g/mol. The first kappa shape index (κ1) is 20.4. The molecule has 2 heterocycles. The lowest BCUT2D eigenvalue weighted by Crippen LogP contribution is -2.24. The quantitative estimate of drug-likeness (QED) is 0.605. The number of aryl methyl sites for hydroxylation is 1. The van der Waals surface area contributed by atoms with Crippen molar-refractivity contribution in [2.75, 3.05) is 18.0 Å². The van der Waals surface area contributed by atoms with Crippen LogP contribution in [0.1, 0.15) is 35.6 Å². The Morgan fingerprint density at radius 3 is 2.45 bits per heavy atom. The summed E-state index contributed by atoms with van der Waals surface area (Å²) in [7, 11) is 1.92. The van der Waals surface area contributed by atoms with Gasteiger partial charge in [-0.1, -0.05) is 6.07 Å². The van der Waals surface area contributed by atoms with Crippen molar-refractivity contribution in [2.24, 2.45) is 7.05 Å². The van der Waals surface area contributed by atoms with Gasteiger partial charge in [0.05, 0.1) is 0 Å². The summed E-state index contributed by atoms with van der Waals surface area (Å²) in [6.07, 6.45) is 5.42. The predicted octanol–water partition coefficient (Wildman–Crippen LogP) is 3.17. The maximum atomic E-state index is 12.4. The molecule has 0 aliphatic rings. The van der Waals surface area contributed by atoms with Gasteiger partial charge in [0.2, 0.25) is 0 Å². The van der Waals surface area contributed by atoms with E-state index >= 15 is 0 Å². The minimum absolute atomic E-state index is 0.131. The molecule has 0 aliphatic heterocycles. The Morgan fingerprint density at radius 1 is 1.10 bits per heavy atom. The largest absolute Gasteiger partial charge is 0.486 e. The van der Waals surface area contributed by atoms with E-state index in [4.69, 9.17) is 4.74 Å². The van der Waals surface area contributed by atoms with E-state index in [9.17, 15) is 4.79 Å². The number of anilines is 1. The Balaban J connectivity index is 1.51. The van der Waals surface area contributed by atoms with Crippen molar-refractivity contribution in [2.45, 2.75) is 27.0 Å². The van der Waals surface area contributed by atoms with Gasteiger partial charge in [-0.2, -0.15) is 0 Å². The molecule has 0 aliphatic carbocycles. The molecule has 3 rings (SSSR count). The van der Waals surface area contributed by atoms with Crippen LogP contribution in [0.5, 0.6) is 5.75 Å². The fourth-order valence-corrected chi connectivity index (χ4v) is 2.93. The van der Waals surface area contributed by atoms with Gasteiger partial charge in [0, 0.05) is 50.8 Å². The number of ether oxygens (including phenoxy) is 1. The number of carbonyl (C=O) groups is 1. The van der Waals surface area contributed by atoms with Gasteiger partial charge in [-0.05, 0) is 49.7 Å². The second-order valence-electron chi connectivity index (χ2n) is 6.65. The van der Waals surface area contributed by atoms with Gasteiger partial charge < -0.3 is 19.5 Å². The van der Waals surface area contributed by atoms with Crippen LogP contribution in [-0.2, 0) is 20.2 Å². The van der Waals surface area contributed by atoms with Gasteiger partial charge in [0.25, 0.3) is 5.91 Å². The van der Waals surface area contributed by atoms with Crippen LogP contribution < -0.4 is 15.0 Å². The summed E-state index contributed by atoms with van der Waals surface area (Å²) >= 11 is 0. The van der Waals surface area contributed by atoms with Gasteiger partial charge in [-0.15, -0.1) is 0 Å². The average Bonchev–Trinajstić information content (AvgIpc) is 3.17. The number of imidazole rings is 1. The molecule has 152 valence electrons. The standard InChI is InChI=1S/C22H27N5O2/c1-4-27(5-2)20-11-6-17(14-24-20)15-25-22(28)18-7-9-19(10-8-18)29-16-21-23-12-13-26(21)3/h6-14H,4-5,15-16H2,1-3H3,(H,25,28). The fourth-order valence-electron chi connectivity index (χ4n) is 2.93. The van der Waals surface area contributed by atoms with Crippen LogP contribution in [0.2, 0.25) is 0 Å². The maximum Gasteiger partial charge on any atom is 0.251 e. The Morgan fingerprint density at radius 2 is 1.86 bits per heavy atom. The van der Waals surface area contributed by atoms with Crippen molar-refractivity contribution in [1.82, 2.24) is 19.9 Å². The summed E-state index contributed by atoms with van der Waals surface area (Å²) in [5.41, 5.74) is 1.55. The van der Waals surface area contributed by atoms with Crippen LogP contribution in [0.4, 0.5) is 5.82 Å². The fraction of sp³-hybridized carbons (Fsp3) is 0.318. The van der Waals surface area contributed by atoms with Crippen molar-refractivity contribution in [3.8, 4) is 5.75 Å². The van der Waals surface area contributed by atoms with Crippen LogP contribution in [0.3, 0.4) is 0 Å². The molecule has 3 aromatic rings. The lowest BCUT2D eigenvalue weighted by atomic mass is 10.2. The number of pyridine rings is 1. The highest BCUT2D eigenvalue weighted by Gasteiger charge is 2.08. The SMILES string of the molecule is CCN(CC)c1ccc(CNC(=O)c2ccc(OCc3nccn3C)cc2)cn1. The number of nitrogens with zero attached hydrogens (tertiary/aromatic N) is 4. The minimum atomic E-state index is -0.131. The van der Waals surface area contributed by atoms with Crippen LogP contribution >= 0.6 is 0 Å². The molecule has 0 atom stereocenters. The summed E-state index contributed by atoms with van der Waals surface area (Å²) in [5.74, 6) is 2.35. The number of amides is 1. The second kappa shape index (κ2) is 9.73. The van der Waals surface area contributed by atoms with Crippen LogP contribution in [0, 0.1) is 0 Å². The third-order valence-corrected chi connectivity index (χ3v) is 4.76. The Labute approximate surface area is 171 Å². The molecule has 1 amide bonds. The molecule has 0 fully saturated rings. The normalized spacial score (nSPS) is 10.6. The summed E-state index contributed by atoms with van der Waals surface area (Å²) in [6, 6.07) is 11.1. The van der Waals surface area contributed by atoms with Crippen molar-refractivity contribution in [1.29, 1.82) is 0 Å². The molecule has 0 spiro atoms. The summed E-state index contributed by atoms with van der Waals surface area (Å²) in [6.45, 7) is 6.86. The van der Waals surface area contributed by atoms with Crippen LogP contribution in [0.25, 0.3) is 0 Å². The van der Waals surface area contributed by atoms with Gasteiger partial charge in [-0.3, -0.25) is 4.79 Å². The van der Waals surface area contributed by atoms with E-state index < -0.39 is 0 Å². The molecule has 0 bridgehead atoms. The Hall–Kier alpha value is -3.35. The molecule has 7 heteroatoms. The number of nitrogens with one attached hydrogen (secondary N) is 1. The summed E-state index contributed by atoms with van der Waals surface area (Å²) in [4.78, 5) is 23.3. The predicted molar refractivity (Wildman–Crippen MR) is 113 cm³/mol. The molecule has 1 aromatic carbocycles. The van der Waals surface area contributed by atoms with E-state index in [1.165, 1.54) is 0 Å². The highest BCUT2D eigenvalue weighted by atomic mass is 16.5. The molecule has 0 saturated carbocycles. The Bertz CT molecular complexity index is 915. The first-order chi connectivity index (χ1) is 14.1. The van der Waals surface area contributed by atoms with E-state index in [2.05, 4.69) is 34.0 Å². The summed E-state index contributed by atoms with van der Waals surface area (Å²) < 4.78 is 7.62. The molecule has 2 aromatic heterocycles. The maximum absolute atomic E-state index is 12.4. The zero-order chi connectivity index (χ0) is 20.6. The van der Waals surface area contributed by atoms with E-state index in [1.54, 1.807) is 30.5 Å². The van der Waals surface area contributed by atoms with Gasteiger partial charge in [0.15, 0.2) is 0 Å². The molecular formula is C22H27N5O2. The smallest absolute Gasteiger partial charge is 0.251 e. The third-order valence-electron chi connectivity index (χ3n) is 4.76. The molecule has 29 heavy (non-hydrogen) atoms. The van der Waals surface area contributed by atoms with Crippen molar-refractivity contribution >= 4 is 11.7 Å². The van der Waals surface area contributed by atoms with Gasteiger partial charge in [-0.25, -0.2) is 9.97 Å². The molecule has 7 nitrogen and oxygen atoms in total. The monoisotopic (exact) mass is 393 g/mol. The minimum Gasteiger partial charge on any atom is -0.486 e. The van der Waals surface area contributed by atoms with E-state index in [1.807, 2.05) is 36.1 Å². The zero-order valence-corrected chi connectivity index (χ0v) is 17.1. The molecule has 0 unspecified atom stereocenters.